The van der Waals surface area contributed by atoms with Crippen molar-refractivity contribution < 1.29 is 9.32 Å². The second-order valence-corrected chi connectivity index (χ2v) is 4.90. The van der Waals surface area contributed by atoms with Gasteiger partial charge in [-0.15, -0.1) is 0 Å². The largest absolute Gasteiger partial charge is 0.361 e. The lowest BCUT2D eigenvalue weighted by molar-refractivity contribution is 0.102. The van der Waals surface area contributed by atoms with E-state index in [2.05, 4.69) is 20.4 Å². The molecule has 0 saturated heterocycles. The highest BCUT2D eigenvalue weighted by molar-refractivity contribution is 6.05. The number of anilines is 1. The van der Waals surface area contributed by atoms with E-state index >= 15 is 0 Å². The summed E-state index contributed by atoms with van der Waals surface area (Å²) in [5, 5.41) is 6.56. The van der Waals surface area contributed by atoms with Crippen molar-refractivity contribution in [3.63, 3.8) is 0 Å². The number of hydrogen-bond acceptors (Lipinski definition) is 5. The maximum Gasteiger partial charge on any atom is 0.261 e. The average Bonchev–Trinajstić information content (AvgIpc) is 3.06. The Hall–Kier alpha value is -2.96. The van der Waals surface area contributed by atoms with Gasteiger partial charge in [0.05, 0.1) is 17.6 Å². The molecule has 0 bridgehead atoms. The van der Waals surface area contributed by atoms with E-state index < -0.39 is 0 Å². The number of hydrogen-bond donors (Lipinski definition) is 1. The number of nitrogens with one attached hydrogen (secondary N) is 1. The molecule has 0 spiro atoms. The van der Waals surface area contributed by atoms with Gasteiger partial charge in [0.1, 0.15) is 23.0 Å². The fourth-order valence-electron chi connectivity index (χ4n) is 2.22. The molecule has 1 N–H and O–H groups in total. The van der Waals surface area contributed by atoms with E-state index in [1.807, 2.05) is 23.8 Å². The van der Waals surface area contributed by atoms with Crippen LogP contribution in [0.4, 0.5) is 5.69 Å². The molecule has 0 fully saturated rings. The van der Waals surface area contributed by atoms with E-state index in [4.69, 9.17) is 4.52 Å². The predicted octanol–water partition coefficient (Wildman–Crippen LogP) is 2.43. The number of pyridine rings is 1. The summed E-state index contributed by atoms with van der Waals surface area (Å²) in [6, 6.07) is 3.61. The van der Waals surface area contributed by atoms with Crippen molar-refractivity contribution in [3.8, 4) is 5.82 Å². The molecule has 0 radical (unpaired) electrons. The normalized spacial score (nSPS) is 10.7. The molecule has 0 unspecified atom stereocenters. The summed E-state index contributed by atoms with van der Waals surface area (Å²) >= 11 is 0. The number of nitrogens with zero attached hydrogens (tertiary/aromatic N) is 4. The molecule has 0 aromatic carbocycles. The number of rotatable bonds is 3. The van der Waals surface area contributed by atoms with Gasteiger partial charge in [0.2, 0.25) is 0 Å². The summed E-state index contributed by atoms with van der Waals surface area (Å²) in [4.78, 5) is 20.7. The van der Waals surface area contributed by atoms with Crippen LogP contribution in [-0.4, -0.2) is 25.6 Å². The first-order valence-corrected chi connectivity index (χ1v) is 6.77. The second-order valence-electron chi connectivity index (χ2n) is 4.90. The molecule has 0 saturated carbocycles. The van der Waals surface area contributed by atoms with E-state index in [-0.39, 0.29) is 5.91 Å². The van der Waals surface area contributed by atoms with Crippen LogP contribution < -0.4 is 5.32 Å². The fraction of sp³-hybridized carbons (Fsp3) is 0.200. The van der Waals surface area contributed by atoms with Crippen molar-refractivity contribution in [2.75, 3.05) is 5.32 Å². The molecule has 3 aromatic heterocycles. The second kappa shape index (κ2) is 5.44. The van der Waals surface area contributed by atoms with Crippen LogP contribution >= 0.6 is 0 Å². The summed E-state index contributed by atoms with van der Waals surface area (Å²) in [5.74, 6) is 1.82. The molecule has 7 heteroatoms. The monoisotopic (exact) mass is 297 g/mol. The lowest BCUT2D eigenvalue weighted by Gasteiger charge is -2.07. The van der Waals surface area contributed by atoms with Gasteiger partial charge in [-0.05, 0) is 32.9 Å². The van der Waals surface area contributed by atoms with Crippen LogP contribution in [0.5, 0.6) is 0 Å². The molecule has 3 rings (SSSR count). The Morgan fingerprint density at radius 3 is 2.59 bits per heavy atom. The van der Waals surface area contributed by atoms with Crippen molar-refractivity contribution in [2.24, 2.45) is 0 Å². The third-order valence-corrected chi connectivity index (χ3v) is 3.34. The van der Waals surface area contributed by atoms with Crippen molar-refractivity contribution in [1.82, 2.24) is 19.7 Å². The van der Waals surface area contributed by atoms with Gasteiger partial charge in [0.15, 0.2) is 0 Å². The third kappa shape index (κ3) is 2.48. The molecule has 1 amide bonds. The Kier molecular flexibility index (Phi) is 3.46. The number of amides is 1. The Morgan fingerprint density at radius 2 is 2.05 bits per heavy atom. The predicted molar refractivity (Wildman–Crippen MR) is 80.0 cm³/mol. The molecule has 0 aliphatic carbocycles. The summed E-state index contributed by atoms with van der Waals surface area (Å²) in [6.45, 7) is 5.33. The molecular weight excluding hydrogens is 282 g/mol. The van der Waals surface area contributed by atoms with Gasteiger partial charge < -0.3 is 9.84 Å². The van der Waals surface area contributed by atoms with E-state index in [1.165, 1.54) is 0 Å². The lowest BCUT2D eigenvalue weighted by Crippen LogP contribution is -2.14. The van der Waals surface area contributed by atoms with Crippen molar-refractivity contribution >= 4 is 11.6 Å². The van der Waals surface area contributed by atoms with Gasteiger partial charge in [-0.25, -0.2) is 9.97 Å². The van der Waals surface area contributed by atoms with Gasteiger partial charge in [-0.1, -0.05) is 5.16 Å². The Balaban J connectivity index is 1.80. The van der Waals surface area contributed by atoms with Gasteiger partial charge in [0, 0.05) is 12.4 Å². The van der Waals surface area contributed by atoms with E-state index in [1.54, 1.807) is 32.3 Å². The number of aromatic nitrogens is 4. The van der Waals surface area contributed by atoms with Crippen LogP contribution in [0.2, 0.25) is 0 Å². The molecule has 22 heavy (non-hydrogen) atoms. The van der Waals surface area contributed by atoms with E-state index in [0.717, 1.165) is 11.6 Å². The summed E-state index contributed by atoms with van der Waals surface area (Å²) < 4.78 is 6.86. The first kappa shape index (κ1) is 14.0. The molecule has 0 atom stereocenters. The highest BCUT2D eigenvalue weighted by Crippen LogP contribution is 2.16. The minimum atomic E-state index is -0.260. The summed E-state index contributed by atoms with van der Waals surface area (Å²) in [7, 11) is 0. The zero-order chi connectivity index (χ0) is 15.7. The van der Waals surface area contributed by atoms with E-state index in [0.29, 0.717) is 22.7 Å². The maximum atomic E-state index is 12.2. The van der Waals surface area contributed by atoms with Crippen LogP contribution in [0.15, 0.2) is 35.2 Å². The van der Waals surface area contributed by atoms with E-state index in [9.17, 15) is 4.79 Å². The van der Waals surface area contributed by atoms with Crippen molar-refractivity contribution in [3.05, 3.63) is 53.6 Å². The number of imidazole rings is 1. The first-order chi connectivity index (χ1) is 10.6. The SMILES string of the molecule is Cc1noc(C)c1C(=O)Nc1ccc(-n2ccnc2C)nc1. The molecule has 0 aliphatic rings. The van der Waals surface area contributed by atoms with Crippen LogP contribution in [0.3, 0.4) is 0 Å². The molecule has 112 valence electrons. The standard InChI is InChI=1S/C15H15N5O2/c1-9-14(10(2)22-19-9)15(21)18-12-4-5-13(17-8-12)20-7-6-16-11(20)3/h4-8H,1-3H3,(H,18,21). The zero-order valence-electron chi connectivity index (χ0n) is 12.5. The topological polar surface area (TPSA) is 85.8 Å². The van der Waals surface area contributed by atoms with Crippen LogP contribution in [0.25, 0.3) is 5.82 Å². The highest BCUT2D eigenvalue weighted by atomic mass is 16.5. The zero-order valence-corrected chi connectivity index (χ0v) is 12.5. The molecular formula is C15H15N5O2. The number of carbonyl (C=O) groups excluding carboxylic acids is 1. The summed E-state index contributed by atoms with van der Waals surface area (Å²) in [5.41, 5.74) is 1.62. The van der Waals surface area contributed by atoms with Crippen LogP contribution in [0, 0.1) is 20.8 Å². The van der Waals surface area contributed by atoms with Gasteiger partial charge in [-0.2, -0.15) is 0 Å². The fourth-order valence-corrected chi connectivity index (χ4v) is 2.22. The number of aryl methyl sites for hydroxylation is 3. The third-order valence-electron chi connectivity index (χ3n) is 3.34. The van der Waals surface area contributed by atoms with Crippen molar-refractivity contribution in [1.29, 1.82) is 0 Å². The van der Waals surface area contributed by atoms with Crippen molar-refractivity contribution in [2.45, 2.75) is 20.8 Å². The smallest absolute Gasteiger partial charge is 0.261 e. The molecule has 7 nitrogen and oxygen atoms in total. The van der Waals surface area contributed by atoms with Crippen LogP contribution in [-0.2, 0) is 0 Å². The molecule has 0 aliphatic heterocycles. The Bertz CT molecular complexity index is 797. The minimum Gasteiger partial charge on any atom is -0.361 e. The molecule has 3 aromatic rings. The highest BCUT2D eigenvalue weighted by Gasteiger charge is 2.17. The van der Waals surface area contributed by atoms with Gasteiger partial charge in [-0.3, -0.25) is 9.36 Å². The van der Waals surface area contributed by atoms with Crippen LogP contribution in [0.1, 0.15) is 27.6 Å². The van der Waals surface area contributed by atoms with Gasteiger partial charge in [0.25, 0.3) is 5.91 Å². The summed E-state index contributed by atoms with van der Waals surface area (Å²) in [6.07, 6.45) is 5.15. The minimum absolute atomic E-state index is 0.260. The quantitative estimate of drug-likeness (QED) is 0.802. The Labute approximate surface area is 127 Å². The average molecular weight is 297 g/mol. The molecule has 3 heterocycles. The number of carbonyl (C=O) groups is 1. The first-order valence-electron chi connectivity index (χ1n) is 6.77. The van der Waals surface area contributed by atoms with Gasteiger partial charge >= 0.3 is 0 Å². The Morgan fingerprint density at radius 1 is 1.23 bits per heavy atom. The maximum absolute atomic E-state index is 12.2. The lowest BCUT2D eigenvalue weighted by atomic mass is 10.2.